The minimum absolute atomic E-state index is 0.231. The van der Waals surface area contributed by atoms with Crippen LogP contribution in [0.5, 0.6) is 5.75 Å². The van der Waals surface area contributed by atoms with E-state index in [0.29, 0.717) is 12.5 Å². The van der Waals surface area contributed by atoms with E-state index in [9.17, 15) is 4.79 Å². The van der Waals surface area contributed by atoms with Crippen molar-refractivity contribution in [2.45, 2.75) is 39.8 Å². The SMILES string of the molecule is CC(C)Cn1ccnc1CNC(=O)Nc1ccc2c(c1)CCCO2. The maximum atomic E-state index is 12.1. The van der Waals surface area contributed by atoms with Gasteiger partial charge in [0.2, 0.25) is 0 Å². The molecule has 1 aliphatic rings. The first-order valence-corrected chi connectivity index (χ1v) is 8.42. The van der Waals surface area contributed by atoms with Crippen LogP contribution in [-0.2, 0) is 19.5 Å². The Kier molecular flexibility index (Phi) is 5.03. The summed E-state index contributed by atoms with van der Waals surface area (Å²) >= 11 is 0. The van der Waals surface area contributed by atoms with Gasteiger partial charge in [-0.3, -0.25) is 0 Å². The molecule has 2 amide bonds. The molecular formula is C18H24N4O2. The number of amides is 2. The summed E-state index contributed by atoms with van der Waals surface area (Å²) in [6.07, 6.45) is 5.71. The number of anilines is 1. The van der Waals surface area contributed by atoms with Crippen LogP contribution in [0.4, 0.5) is 10.5 Å². The van der Waals surface area contributed by atoms with Gasteiger partial charge in [-0.25, -0.2) is 9.78 Å². The number of hydrogen-bond acceptors (Lipinski definition) is 3. The molecule has 1 aliphatic heterocycles. The lowest BCUT2D eigenvalue weighted by Crippen LogP contribution is -2.29. The van der Waals surface area contributed by atoms with E-state index in [-0.39, 0.29) is 6.03 Å². The van der Waals surface area contributed by atoms with Gasteiger partial charge in [-0.2, -0.15) is 0 Å². The summed E-state index contributed by atoms with van der Waals surface area (Å²) < 4.78 is 7.66. The highest BCUT2D eigenvalue weighted by Gasteiger charge is 2.12. The molecule has 0 unspecified atom stereocenters. The number of urea groups is 1. The molecule has 0 atom stereocenters. The number of ether oxygens (including phenoxy) is 1. The maximum Gasteiger partial charge on any atom is 0.319 e. The number of imidazole rings is 1. The van der Waals surface area contributed by atoms with Crippen LogP contribution in [0.3, 0.4) is 0 Å². The molecule has 2 N–H and O–H groups in total. The molecule has 0 saturated heterocycles. The number of aromatic nitrogens is 2. The molecule has 3 rings (SSSR count). The van der Waals surface area contributed by atoms with E-state index in [1.807, 2.05) is 24.4 Å². The molecule has 0 fully saturated rings. The first-order valence-electron chi connectivity index (χ1n) is 8.42. The lowest BCUT2D eigenvalue weighted by molar-refractivity contribution is 0.251. The zero-order valence-electron chi connectivity index (χ0n) is 14.2. The molecular weight excluding hydrogens is 304 g/mol. The van der Waals surface area contributed by atoms with Crippen LogP contribution in [0, 0.1) is 5.92 Å². The number of nitrogens with one attached hydrogen (secondary N) is 2. The van der Waals surface area contributed by atoms with Gasteiger partial charge in [0.25, 0.3) is 0 Å². The highest BCUT2D eigenvalue weighted by molar-refractivity contribution is 5.89. The number of fused-ring (bicyclic) bond motifs is 1. The Morgan fingerprint density at radius 2 is 2.29 bits per heavy atom. The fourth-order valence-electron chi connectivity index (χ4n) is 2.84. The number of carbonyl (C=O) groups is 1. The van der Waals surface area contributed by atoms with Crippen molar-refractivity contribution in [3.63, 3.8) is 0 Å². The van der Waals surface area contributed by atoms with E-state index >= 15 is 0 Å². The third kappa shape index (κ3) is 4.07. The molecule has 1 aromatic heterocycles. The fraction of sp³-hybridized carbons (Fsp3) is 0.444. The van der Waals surface area contributed by atoms with Crippen molar-refractivity contribution in [2.75, 3.05) is 11.9 Å². The Balaban J connectivity index is 1.55. The predicted octanol–water partition coefficient (Wildman–Crippen LogP) is 3.19. The number of hydrogen-bond donors (Lipinski definition) is 2. The van der Waals surface area contributed by atoms with Crippen molar-refractivity contribution in [1.82, 2.24) is 14.9 Å². The highest BCUT2D eigenvalue weighted by atomic mass is 16.5. The molecule has 2 aromatic rings. The molecule has 128 valence electrons. The van der Waals surface area contributed by atoms with Gasteiger partial charge < -0.3 is 19.9 Å². The molecule has 0 bridgehead atoms. The molecule has 0 radical (unpaired) electrons. The van der Waals surface area contributed by atoms with Gasteiger partial charge >= 0.3 is 6.03 Å². The third-order valence-electron chi connectivity index (χ3n) is 3.94. The molecule has 6 nitrogen and oxygen atoms in total. The summed E-state index contributed by atoms with van der Waals surface area (Å²) in [5.41, 5.74) is 1.92. The second-order valence-corrected chi connectivity index (χ2v) is 6.47. The monoisotopic (exact) mass is 328 g/mol. The third-order valence-corrected chi connectivity index (χ3v) is 3.94. The summed E-state index contributed by atoms with van der Waals surface area (Å²) in [5.74, 6) is 2.31. The van der Waals surface area contributed by atoms with Crippen molar-refractivity contribution in [3.05, 3.63) is 42.0 Å². The molecule has 6 heteroatoms. The van der Waals surface area contributed by atoms with E-state index in [2.05, 4.69) is 34.0 Å². The van der Waals surface area contributed by atoms with Crippen LogP contribution in [0.25, 0.3) is 0 Å². The maximum absolute atomic E-state index is 12.1. The smallest absolute Gasteiger partial charge is 0.319 e. The predicted molar refractivity (Wildman–Crippen MR) is 93.2 cm³/mol. The Bertz CT molecular complexity index is 709. The molecule has 0 spiro atoms. The zero-order chi connectivity index (χ0) is 16.9. The van der Waals surface area contributed by atoms with Crippen LogP contribution >= 0.6 is 0 Å². The summed E-state index contributed by atoms with van der Waals surface area (Å²) in [6.45, 7) is 6.37. The van der Waals surface area contributed by atoms with Crippen molar-refractivity contribution < 1.29 is 9.53 Å². The number of aryl methyl sites for hydroxylation is 1. The normalized spacial score (nSPS) is 13.3. The summed E-state index contributed by atoms with van der Waals surface area (Å²) in [4.78, 5) is 16.4. The minimum atomic E-state index is -0.231. The van der Waals surface area contributed by atoms with E-state index in [4.69, 9.17) is 4.74 Å². The number of nitrogens with zero attached hydrogens (tertiary/aromatic N) is 2. The summed E-state index contributed by atoms with van der Waals surface area (Å²) in [5, 5.41) is 5.73. The number of benzene rings is 1. The Morgan fingerprint density at radius 1 is 1.42 bits per heavy atom. The Morgan fingerprint density at radius 3 is 3.12 bits per heavy atom. The standard InChI is InChI=1S/C18H24N4O2/c1-13(2)12-22-8-7-19-17(22)11-20-18(23)21-15-5-6-16-14(10-15)4-3-9-24-16/h5-8,10,13H,3-4,9,11-12H2,1-2H3,(H2,20,21,23). The van der Waals surface area contributed by atoms with Crippen LogP contribution in [0.15, 0.2) is 30.6 Å². The van der Waals surface area contributed by atoms with Gasteiger partial charge in [-0.1, -0.05) is 13.8 Å². The van der Waals surface area contributed by atoms with E-state index in [1.54, 1.807) is 6.20 Å². The van der Waals surface area contributed by atoms with Gasteiger partial charge in [-0.15, -0.1) is 0 Å². The first kappa shape index (κ1) is 16.4. The fourth-order valence-corrected chi connectivity index (χ4v) is 2.84. The Hall–Kier alpha value is -2.50. The molecule has 0 aliphatic carbocycles. The van der Waals surface area contributed by atoms with Crippen LogP contribution in [-0.4, -0.2) is 22.2 Å². The van der Waals surface area contributed by atoms with E-state index in [0.717, 1.165) is 48.8 Å². The van der Waals surface area contributed by atoms with Gasteiger partial charge in [-0.05, 0) is 42.5 Å². The second-order valence-electron chi connectivity index (χ2n) is 6.47. The van der Waals surface area contributed by atoms with Crippen molar-refractivity contribution in [2.24, 2.45) is 5.92 Å². The summed E-state index contributed by atoms with van der Waals surface area (Å²) in [6, 6.07) is 5.53. The average molecular weight is 328 g/mol. The largest absolute Gasteiger partial charge is 0.493 e. The average Bonchev–Trinajstić information content (AvgIpc) is 2.99. The van der Waals surface area contributed by atoms with Gasteiger partial charge in [0.1, 0.15) is 11.6 Å². The van der Waals surface area contributed by atoms with E-state index in [1.165, 1.54) is 0 Å². The first-order chi connectivity index (χ1) is 11.6. The van der Waals surface area contributed by atoms with Crippen molar-refractivity contribution in [1.29, 1.82) is 0 Å². The molecule has 0 saturated carbocycles. The summed E-state index contributed by atoms with van der Waals surface area (Å²) in [7, 11) is 0. The quantitative estimate of drug-likeness (QED) is 0.886. The number of carbonyl (C=O) groups excluding carboxylic acids is 1. The minimum Gasteiger partial charge on any atom is -0.493 e. The zero-order valence-corrected chi connectivity index (χ0v) is 14.2. The Labute approximate surface area is 142 Å². The molecule has 1 aromatic carbocycles. The van der Waals surface area contributed by atoms with Crippen LogP contribution in [0.2, 0.25) is 0 Å². The van der Waals surface area contributed by atoms with Gasteiger partial charge in [0.15, 0.2) is 0 Å². The van der Waals surface area contributed by atoms with E-state index < -0.39 is 0 Å². The van der Waals surface area contributed by atoms with Crippen LogP contribution < -0.4 is 15.4 Å². The highest BCUT2D eigenvalue weighted by Crippen LogP contribution is 2.27. The van der Waals surface area contributed by atoms with Gasteiger partial charge in [0, 0.05) is 24.6 Å². The molecule has 2 heterocycles. The molecule has 24 heavy (non-hydrogen) atoms. The number of rotatable bonds is 5. The van der Waals surface area contributed by atoms with Crippen molar-refractivity contribution in [3.8, 4) is 5.75 Å². The van der Waals surface area contributed by atoms with Crippen molar-refractivity contribution >= 4 is 11.7 Å². The van der Waals surface area contributed by atoms with Crippen LogP contribution in [0.1, 0.15) is 31.7 Å². The lowest BCUT2D eigenvalue weighted by atomic mass is 10.1. The lowest BCUT2D eigenvalue weighted by Gasteiger charge is -2.18. The topological polar surface area (TPSA) is 68.2 Å². The second kappa shape index (κ2) is 7.38. The van der Waals surface area contributed by atoms with Gasteiger partial charge in [0.05, 0.1) is 13.2 Å².